The summed E-state index contributed by atoms with van der Waals surface area (Å²) in [6.07, 6.45) is 6.12. The standard InChI is InChI=1S/C35H41BrN2O5S/c1-35(2,3)29-15-13-26(14-16-29)25-9-11-27(12-10-25)32(34(40)38-31-19-17-30(36)18-20-31)23-24-5-7-28(8-6-24)33(39)37-21-22-44(41,42)43-4/h5-13,17-20,29,32H,14-16,21-23H2,1-4H3,(H,37,39)(H,38,40). The number of hydrogen-bond donors (Lipinski definition) is 2. The third kappa shape index (κ3) is 9.36. The maximum atomic E-state index is 13.7. The van der Waals surface area contributed by atoms with Crippen molar-refractivity contribution >= 4 is 49.1 Å². The van der Waals surface area contributed by atoms with Crippen LogP contribution in [-0.4, -0.2) is 39.6 Å². The molecule has 1 aliphatic carbocycles. The largest absolute Gasteiger partial charge is 0.351 e. The highest BCUT2D eigenvalue weighted by atomic mass is 79.9. The van der Waals surface area contributed by atoms with Crippen LogP contribution in [0.3, 0.4) is 0 Å². The molecule has 44 heavy (non-hydrogen) atoms. The highest BCUT2D eigenvalue weighted by Crippen LogP contribution is 2.40. The zero-order chi connectivity index (χ0) is 31.9. The molecule has 0 saturated heterocycles. The van der Waals surface area contributed by atoms with Crippen molar-refractivity contribution in [1.29, 1.82) is 0 Å². The van der Waals surface area contributed by atoms with Gasteiger partial charge in [-0.1, -0.05) is 79.2 Å². The summed E-state index contributed by atoms with van der Waals surface area (Å²) in [6, 6.07) is 22.8. The lowest BCUT2D eigenvalue weighted by Gasteiger charge is -2.33. The van der Waals surface area contributed by atoms with Crippen LogP contribution in [0.2, 0.25) is 0 Å². The topological polar surface area (TPSA) is 102 Å². The number of carbonyl (C=O) groups is 2. The Morgan fingerprint density at radius 2 is 1.64 bits per heavy atom. The Balaban J connectivity index is 1.50. The Bertz CT molecular complexity index is 1580. The van der Waals surface area contributed by atoms with Gasteiger partial charge in [0.2, 0.25) is 5.91 Å². The van der Waals surface area contributed by atoms with Crippen molar-refractivity contribution in [2.24, 2.45) is 11.3 Å². The first-order valence-corrected chi connectivity index (χ1v) is 17.2. The summed E-state index contributed by atoms with van der Waals surface area (Å²) >= 11 is 3.44. The number of amides is 2. The third-order valence-corrected chi connectivity index (χ3v) is 10.0. The second-order valence-electron chi connectivity index (χ2n) is 12.3. The minimum Gasteiger partial charge on any atom is -0.351 e. The molecular weight excluding hydrogens is 640 g/mol. The van der Waals surface area contributed by atoms with E-state index in [1.807, 2.05) is 48.5 Å². The summed E-state index contributed by atoms with van der Waals surface area (Å²) in [7, 11) is -2.56. The Morgan fingerprint density at radius 3 is 2.20 bits per heavy atom. The van der Waals surface area contributed by atoms with Crippen LogP contribution in [0.15, 0.2) is 83.3 Å². The van der Waals surface area contributed by atoms with Gasteiger partial charge in [0.25, 0.3) is 16.0 Å². The van der Waals surface area contributed by atoms with Gasteiger partial charge in [-0.25, -0.2) is 0 Å². The van der Waals surface area contributed by atoms with Gasteiger partial charge in [-0.2, -0.15) is 8.42 Å². The summed E-state index contributed by atoms with van der Waals surface area (Å²) in [4.78, 5) is 26.2. The van der Waals surface area contributed by atoms with Crippen molar-refractivity contribution in [1.82, 2.24) is 5.32 Å². The molecule has 2 N–H and O–H groups in total. The number of rotatable bonds is 11. The lowest BCUT2D eigenvalue weighted by atomic mass is 9.72. The molecule has 9 heteroatoms. The number of allylic oxidation sites excluding steroid dienone is 2. The molecule has 4 rings (SSSR count). The summed E-state index contributed by atoms with van der Waals surface area (Å²) in [5, 5.41) is 5.66. The SMILES string of the molecule is COS(=O)(=O)CCNC(=O)c1ccc(CC(C(=O)Nc2ccc(Br)cc2)c2ccc(C3=CCC(C(C)(C)C)CC3)cc2)cc1. The van der Waals surface area contributed by atoms with E-state index in [-0.39, 0.29) is 24.1 Å². The zero-order valence-corrected chi connectivity index (χ0v) is 28.1. The predicted molar refractivity (Wildman–Crippen MR) is 180 cm³/mol. The van der Waals surface area contributed by atoms with E-state index in [2.05, 4.69) is 69.7 Å². The van der Waals surface area contributed by atoms with Gasteiger partial charge in [0.1, 0.15) is 0 Å². The number of benzene rings is 3. The fourth-order valence-electron chi connectivity index (χ4n) is 5.44. The number of hydrogen-bond acceptors (Lipinski definition) is 5. The summed E-state index contributed by atoms with van der Waals surface area (Å²) < 4.78 is 28.3. The molecule has 0 aliphatic heterocycles. The van der Waals surface area contributed by atoms with Crippen LogP contribution in [0.4, 0.5) is 5.69 Å². The maximum Gasteiger partial charge on any atom is 0.268 e. The van der Waals surface area contributed by atoms with Gasteiger partial charge in [0.05, 0.1) is 18.8 Å². The summed E-state index contributed by atoms with van der Waals surface area (Å²) in [6.45, 7) is 6.88. The van der Waals surface area contributed by atoms with E-state index in [0.29, 0.717) is 29.0 Å². The van der Waals surface area contributed by atoms with Crippen LogP contribution in [0.1, 0.15) is 73.0 Å². The first kappa shape index (κ1) is 33.6. The van der Waals surface area contributed by atoms with Crippen molar-refractivity contribution in [3.63, 3.8) is 0 Å². The van der Waals surface area contributed by atoms with Gasteiger partial charge in [-0.05, 0) is 95.7 Å². The van der Waals surface area contributed by atoms with Crippen molar-refractivity contribution < 1.29 is 22.2 Å². The predicted octanol–water partition coefficient (Wildman–Crippen LogP) is 7.35. The minimum absolute atomic E-state index is 0.0564. The molecule has 3 aromatic carbocycles. The summed E-state index contributed by atoms with van der Waals surface area (Å²) in [5.74, 6) is -0.589. The fourth-order valence-corrected chi connectivity index (χ4v) is 6.22. The van der Waals surface area contributed by atoms with E-state index >= 15 is 0 Å². The van der Waals surface area contributed by atoms with Gasteiger partial charge in [-0.3, -0.25) is 13.8 Å². The van der Waals surface area contributed by atoms with E-state index in [9.17, 15) is 18.0 Å². The Kier molecular flexibility index (Phi) is 11.2. The second-order valence-corrected chi connectivity index (χ2v) is 15.1. The highest BCUT2D eigenvalue weighted by Gasteiger charge is 2.27. The maximum absolute atomic E-state index is 13.7. The average Bonchev–Trinajstić information content (AvgIpc) is 3.01. The van der Waals surface area contributed by atoms with Gasteiger partial charge in [0, 0.05) is 22.3 Å². The van der Waals surface area contributed by atoms with Crippen molar-refractivity contribution in [3.8, 4) is 0 Å². The van der Waals surface area contributed by atoms with Crippen molar-refractivity contribution in [2.75, 3.05) is 24.7 Å². The van der Waals surface area contributed by atoms with Crippen molar-refractivity contribution in [3.05, 3.63) is 106 Å². The Labute approximate surface area is 269 Å². The van der Waals surface area contributed by atoms with Crippen LogP contribution in [-0.2, 0) is 25.5 Å². The van der Waals surface area contributed by atoms with E-state index in [4.69, 9.17) is 0 Å². The smallest absolute Gasteiger partial charge is 0.268 e. The average molecular weight is 682 g/mol. The minimum atomic E-state index is -3.65. The molecule has 1 aliphatic rings. The molecule has 2 unspecified atom stereocenters. The molecule has 0 heterocycles. The molecule has 234 valence electrons. The molecule has 0 saturated carbocycles. The zero-order valence-electron chi connectivity index (χ0n) is 25.7. The number of halogens is 1. The first-order valence-electron chi connectivity index (χ1n) is 14.9. The van der Waals surface area contributed by atoms with Crippen molar-refractivity contribution in [2.45, 2.75) is 52.4 Å². The first-order chi connectivity index (χ1) is 20.8. The molecule has 0 fully saturated rings. The van der Waals surface area contributed by atoms with Crippen LogP contribution in [0.25, 0.3) is 5.57 Å². The van der Waals surface area contributed by atoms with E-state index in [0.717, 1.165) is 35.6 Å². The second kappa shape index (κ2) is 14.7. The fraction of sp³-hybridized carbons (Fsp3) is 0.371. The molecule has 2 atom stereocenters. The van der Waals surface area contributed by atoms with E-state index < -0.39 is 16.0 Å². The van der Waals surface area contributed by atoms with Crippen LogP contribution >= 0.6 is 15.9 Å². The van der Waals surface area contributed by atoms with E-state index in [1.54, 1.807) is 12.1 Å². The molecule has 0 spiro atoms. The molecule has 7 nitrogen and oxygen atoms in total. The molecule has 0 aromatic heterocycles. The molecule has 2 amide bonds. The third-order valence-electron chi connectivity index (χ3n) is 8.30. The van der Waals surface area contributed by atoms with Crippen LogP contribution in [0.5, 0.6) is 0 Å². The van der Waals surface area contributed by atoms with Gasteiger partial charge >= 0.3 is 0 Å². The number of anilines is 1. The monoisotopic (exact) mass is 680 g/mol. The van der Waals surface area contributed by atoms with E-state index in [1.165, 1.54) is 17.6 Å². The quantitative estimate of drug-likeness (QED) is 0.206. The summed E-state index contributed by atoms with van der Waals surface area (Å²) in [5.41, 5.74) is 5.78. The molecular formula is C35H41BrN2O5S. The van der Waals surface area contributed by atoms with Gasteiger partial charge in [0.15, 0.2) is 0 Å². The molecule has 0 bridgehead atoms. The number of nitrogens with one attached hydrogen (secondary N) is 2. The van der Waals surface area contributed by atoms with Crippen LogP contribution in [0, 0.1) is 11.3 Å². The Morgan fingerprint density at radius 1 is 0.977 bits per heavy atom. The normalized spacial score (nSPS) is 16.1. The van der Waals surface area contributed by atoms with Gasteiger partial charge < -0.3 is 10.6 Å². The Hall–Kier alpha value is -3.27. The molecule has 0 radical (unpaired) electrons. The lowest BCUT2D eigenvalue weighted by molar-refractivity contribution is -0.117. The lowest BCUT2D eigenvalue weighted by Crippen LogP contribution is -2.29. The van der Waals surface area contributed by atoms with Gasteiger partial charge in [-0.15, -0.1) is 0 Å². The molecule has 3 aromatic rings. The number of carbonyl (C=O) groups excluding carboxylic acids is 2. The van der Waals surface area contributed by atoms with Crippen LogP contribution < -0.4 is 10.6 Å². The highest BCUT2D eigenvalue weighted by molar-refractivity contribution is 9.10.